The fourth-order valence-corrected chi connectivity index (χ4v) is 2.65. The van der Waals surface area contributed by atoms with E-state index < -0.39 is 0 Å². The van der Waals surface area contributed by atoms with Crippen molar-refractivity contribution < 1.29 is 4.39 Å². The van der Waals surface area contributed by atoms with E-state index in [-0.39, 0.29) is 5.82 Å². The summed E-state index contributed by atoms with van der Waals surface area (Å²) in [6.45, 7) is 8.25. The van der Waals surface area contributed by atoms with Gasteiger partial charge in [-0.05, 0) is 55.6 Å². The lowest BCUT2D eigenvalue weighted by atomic mass is 9.89. The first-order valence-electron chi connectivity index (χ1n) is 7.62. The molecule has 0 spiro atoms. The van der Waals surface area contributed by atoms with Crippen molar-refractivity contribution >= 4 is 0 Å². The largest absolute Gasteiger partial charge is 0.316 e. The monoisotopic (exact) mass is 285 g/mol. The second-order valence-electron chi connectivity index (χ2n) is 5.69. The Morgan fingerprint density at radius 2 is 1.76 bits per heavy atom. The second-order valence-corrected chi connectivity index (χ2v) is 5.69. The standard InChI is InChI=1S/C19H24FN/c1-4-21-13-18(16-7-9-19(20)10-8-16)12-17-11-14(2)5-6-15(17)3/h5-11,18,21H,4,12-13H2,1-3H3. The molecule has 0 aliphatic carbocycles. The van der Waals surface area contributed by atoms with Gasteiger partial charge in [0.15, 0.2) is 0 Å². The first kappa shape index (κ1) is 15.7. The Hall–Kier alpha value is -1.67. The predicted molar refractivity (Wildman–Crippen MR) is 87.3 cm³/mol. The van der Waals surface area contributed by atoms with Crippen molar-refractivity contribution in [3.63, 3.8) is 0 Å². The zero-order valence-electron chi connectivity index (χ0n) is 13.1. The van der Waals surface area contributed by atoms with Gasteiger partial charge in [0.2, 0.25) is 0 Å². The first-order chi connectivity index (χ1) is 10.1. The fourth-order valence-electron chi connectivity index (χ4n) is 2.65. The molecule has 0 bridgehead atoms. The molecule has 1 N–H and O–H groups in total. The van der Waals surface area contributed by atoms with Crippen LogP contribution in [0, 0.1) is 19.7 Å². The predicted octanol–water partition coefficient (Wildman–Crippen LogP) is 4.38. The van der Waals surface area contributed by atoms with Crippen molar-refractivity contribution in [2.75, 3.05) is 13.1 Å². The summed E-state index contributed by atoms with van der Waals surface area (Å²) < 4.78 is 13.1. The Morgan fingerprint density at radius 1 is 1.05 bits per heavy atom. The van der Waals surface area contributed by atoms with E-state index >= 15 is 0 Å². The van der Waals surface area contributed by atoms with Gasteiger partial charge in [-0.25, -0.2) is 4.39 Å². The smallest absolute Gasteiger partial charge is 0.123 e. The molecule has 112 valence electrons. The zero-order valence-corrected chi connectivity index (χ0v) is 13.1. The Bertz CT molecular complexity index is 575. The second kappa shape index (κ2) is 7.37. The summed E-state index contributed by atoms with van der Waals surface area (Å²) in [6.07, 6.45) is 0.978. The van der Waals surface area contributed by atoms with Crippen molar-refractivity contribution in [1.29, 1.82) is 0 Å². The van der Waals surface area contributed by atoms with Gasteiger partial charge in [0.05, 0.1) is 0 Å². The molecule has 0 heterocycles. The van der Waals surface area contributed by atoms with Crippen LogP contribution in [0.3, 0.4) is 0 Å². The third kappa shape index (κ3) is 4.40. The van der Waals surface area contributed by atoms with Crippen LogP contribution in [-0.4, -0.2) is 13.1 Å². The van der Waals surface area contributed by atoms with E-state index in [1.807, 2.05) is 12.1 Å². The summed E-state index contributed by atoms with van der Waals surface area (Å²) >= 11 is 0. The van der Waals surface area contributed by atoms with Gasteiger partial charge in [0.1, 0.15) is 5.82 Å². The highest BCUT2D eigenvalue weighted by molar-refractivity contribution is 5.33. The Morgan fingerprint density at radius 3 is 2.43 bits per heavy atom. The average molecular weight is 285 g/mol. The van der Waals surface area contributed by atoms with Crippen molar-refractivity contribution in [2.24, 2.45) is 0 Å². The number of hydrogen-bond donors (Lipinski definition) is 1. The molecule has 2 heteroatoms. The van der Waals surface area contributed by atoms with Crippen molar-refractivity contribution in [2.45, 2.75) is 33.1 Å². The third-order valence-electron chi connectivity index (χ3n) is 3.95. The fraction of sp³-hybridized carbons (Fsp3) is 0.368. The summed E-state index contributed by atoms with van der Waals surface area (Å²) in [5, 5.41) is 3.42. The van der Waals surface area contributed by atoms with Crippen LogP contribution < -0.4 is 5.32 Å². The lowest BCUT2D eigenvalue weighted by Crippen LogP contribution is -2.23. The van der Waals surface area contributed by atoms with Crippen LogP contribution in [0.5, 0.6) is 0 Å². The maximum Gasteiger partial charge on any atom is 0.123 e. The van der Waals surface area contributed by atoms with Gasteiger partial charge in [-0.2, -0.15) is 0 Å². The molecule has 0 saturated heterocycles. The maximum atomic E-state index is 13.1. The number of rotatable bonds is 6. The molecule has 1 unspecified atom stereocenters. The van der Waals surface area contributed by atoms with Crippen molar-refractivity contribution in [3.8, 4) is 0 Å². The van der Waals surface area contributed by atoms with Crippen molar-refractivity contribution in [1.82, 2.24) is 5.32 Å². The Labute approximate surface area is 127 Å². The molecule has 2 aromatic rings. The summed E-state index contributed by atoms with van der Waals surface area (Å²) in [5.74, 6) is 0.193. The number of halogens is 1. The van der Waals surface area contributed by atoms with Crippen LogP contribution in [0.4, 0.5) is 4.39 Å². The number of aryl methyl sites for hydroxylation is 2. The molecule has 0 saturated carbocycles. The molecule has 21 heavy (non-hydrogen) atoms. The van der Waals surface area contributed by atoms with E-state index in [0.29, 0.717) is 5.92 Å². The van der Waals surface area contributed by atoms with Crippen LogP contribution in [0.2, 0.25) is 0 Å². The molecular formula is C19H24FN. The van der Waals surface area contributed by atoms with Gasteiger partial charge >= 0.3 is 0 Å². The first-order valence-corrected chi connectivity index (χ1v) is 7.62. The minimum atomic E-state index is -0.173. The molecule has 0 amide bonds. The number of likely N-dealkylation sites (N-methyl/N-ethyl adjacent to an activating group) is 1. The van der Waals surface area contributed by atoms with E-state index in [1.165, 1.54) is 22.3 Å². The van der Waals surface area contributed by atoms with E-state index in [0.717, 1.165) is 19.5 Å². The van der Waals surface area contributed by atoms with Gasteiger partial charge < -0.3 is 5.32 Å². The van der Waals surface area contributed by atoms with Gasteiger partial charge in [-0.3, -0.25) is 0 Å². The van der Waals surface area contributed by atoms with Crippen LogP contribution in [0.15, 0.2) is 42.5 Å². The summed E-state index contributed by atoms with van der Waals surface area (Å²) in [6, 6.07) is 13.5. The number of benzene rings is 2. The van der Waals surface area contributed by atoms with Gasteiger partial charge in [0, 0.05) is 12.5 Å². The molecule has 0 aliphatic rings. The summed E-state index contributed by atoms with van der Waals surface area (Å²) in [5.41, 5.74) is 5.18. The topological polar surface area (TPSA) is 12.0 Å². The highest BCUT2D eigenvalue weighted by Gasteiger charge is 2.13. The molecule has 1 nitrogen and oxygen atoms in total. The minimum absolute atomic E-state index is 0.173. The van der Waals surface area contributed by atoms with Crippen LogP contribution >= 0.6 is 0 Å². The van der Waals surface area contributed by atoms with E-state index in [2.05, 4.69) is 44.3 Å². The van der Waals surface area contributed by atoms with Gasteiger partial charge in [-0.15, -0.1) is 0 Å². The Kier molecular flexibility index (Phi) is 5.51. The van der Waals surface area contributed by atoms with Crippen LogP contribution in [0.1, 0.15) is 35.1 Å². The van der Waals surface area contributed by atoms with Crippen LogP contribution in [0.25, 0.3) is 0 Å². The van der Waals surface area contributed by atoms with E-state index in [1.54, 1.807) is 12.1 Å². The SMILES string of the molecule is CCNCC(Cc1cc(C)ccc1C)c1ccc(F)cc1. The molecule has 0 aromatic heterocycles. The van der Waals surface area contributed by atoms with E-state index in [9.17, 15) is 4.39 Å². The zero-order chi connectivity index (χ0) is 15.2. The quantitative estimate of drug-likeness (QED) is 0.830. The highest BCUT2D eigenvalue weighted by Crippen LogP contribution is 2.23. The lowest BCUT2D eigenvalue weighted by Gasteiger charge is -2.19. The minimum Gasteiger partial charge on any atom is -0.316 e. The van der Waals surface area contributed by atoms with Crippen LogP contribution in [-0.2, 0) is 6.42 Å². The molecule has 0 radical (unpaired) electrons. The summed E-state index contributed by atoms with van der Waals surface area (Å²) in [7, 11) is 0. The lowest BCUT2D eigenvalue weighted by molar-refractivity contribution is 0.589. The normalized spacial score (nSPS) is 12.4. The molecule has 1 atom stereocenters. The molecule has 2 rings (SSSR count). The van der Waals surface area contributed by atoms with Crippen molar-refractivity contribution in [3.05, 3.63) is 70.5 Å². The van der Waals surface area contributed by atoms with Gasteiger partial charge in [-0.1, -0.05) is 42.8 Å². The maximum absolute atomic E-state index is 13.1. The van der Waals surface area contributed by atoms with E-state index in [4.69, 9.17) is 0 Å². The highest BCUT2D eigenvalue weighted by atomic mass is 19.1. The molecule has 0 fully saturated rings. The summed E-state index contributed by atoms with van der Waals surface area (Å²) in [4.78, 5) is 0. The Balaban J connectivity index is 2.23. The number of nitrogens with one attached hydrogen (secondary N) is 1. The molecular weight excluding hydrogens is 261 g/mol. The average Bonchev–Trinajstić information content (AvgIpc) is 2.48. The van der Waals surface area contributed by atoms with Gasteiger partial charge in [0.25, 0.3) is 0 Å². The third-order valence-corrected chi connectivity index (χ3v) is 3.95. The molecule has 0 aliphatic heterocycles. The number of hydrogen-bond acceptors (Lipinski definition) is 1. The molecule has 2 aromatic carbocycles.